The summed E-state index contributed by atoms with van der Waals surface area (Å²) >= 11 is 1.60. The Hall–Kier alpha value is -2.25. The van der Waals surface area contributed by atoms with Crippen molar-refractivity contribution in [3.05, 3.63) is 52.5 Å². The van der Waals surface area contributed by atoms with Gasteiger partial charge >= 0.3 is 5.97 Å². The third kappa shape index (κ3) is 3.98. The molecule has 0 saturated carbocycles. The van der Waals surface area contributed by atoms with Crippen LogP contribution in [0.3, 0.4) is 0 Å². The van der Waals surface area contributed by atoms with Crippen molar-refractivity contribution in [2.75, 3.05) is 19.6 Å². The minimum atomic E-state index is -0.841. The molecule has 2 aromatic heterocycles. The van der Waals surface area contributed by atoms with Crippen molar-refractivity contribution in [3.63, 3.8) is 0 Å². The van der Waals surface area contributed by atoms with E-state index in [1.165, 1.54) is 0 Å². The Morgan fingerprint density at radius 1 is 1.29 bits per heavy atom. The maximum absolute atomic E-state index is 12.1. The molecule has 2 N–H and O–H groups in total. The molecule has 3 rings (SSSR count). The molecule has 1 saturated heterocycles. The Morgan fingerprint density at radius 2 is 2.17 bits per heavy atom. The molecule has 0 aromatic carbocycles. The van der Waals surface area contributed by atoms with Crippen LogP contribution < -0.4 is 5.32 Å². The molecule has 2 atom stereocenters. The Balaban J connectivity index is 1.59. The molecule has 7 heteroatoms. The van der Waals surface area contributed by atoms with E-state index in [0.717, 1.165) is 10.6 Å². The molecule has 0 aliphatic carbocycles. The summed E-state index contributed by atoms with van der Waals surface area (Å²) in [5, 5.41) is 14.3. The van der Waals surface area contributed by atoms with Crippen LogP contribution in [0.2, 0.25) is 0 Å². The number of rotatable bonds is 6. The fraction of sp³-hybridized carbons (Fsp3) is 0.353. The van der Waals surface area contributed by atoms with Gasteiger partial charge < -0.3 is 10.4 Å². The summed E-state index contributed by atoms with van der Waals surface area (Å²) in [6.45, 7) is 1.61. The Kier molecular flexibility index (Phi) is 5.22. The van der Waals surface area contributed by atoms with Gasteiger partial charge in [-0.05, 0) is 23.6 Å². The van der Waals surface area contributed by atoms with Gasteiger partial charge in [-0.25, -0.2) is 0 Å². The van der Waals surface area contributed by atoms with E-state index in [-0.39, 0.29) is 18.4 Å². The maximum atomic E-state index is 12.1. The highest BCUT2D eigenvalue weighted by Crippen LogP contribution is 2.31. The van der Waals surface area contributed by atoms with Crippen LogP contribution in [0.5, 0.6) is 0 Å². The number of nitrogens with zero attached hydrogens (tertiary/aromatic N) is 2. The van der Waals surface area contributed by atoms with Crippen LogP contribution >= 0.6 is 11.3 Å². The summed E-state index contributed by atoms with van der Waals surface area (Å²) < 4.78 is 0. The summed E-state index contributed by atoms with van der Waals surface area (Å²) in [5.74, 6) is -1.65. The van der Waals surface area contributed by atoms with Crippen molar-refractivity contribution < 1.29 is 14.7 Å². The number of amides is 1. The van der Waals surface area contributed by atoms with Gasteiger partial charge in [-0.3, -0.25) is 19.5 Å². The summed E-state index contributed by atoms with van der Waals surface area (Å²) in [7, 11) is 0. The van der Waals surface area contributed by atoms with Crippen LogP contribution in [0, 0.1) is 5.92 Å². The van der Waals surface area contributed by atoms with Gasteiger partial charge in [-0.15, -0.1) is 11.3 Å². The Bertz CT molecular complexity index is 690. The van der Waals surface area contributed by atoms with Crippen molar-refractivity contribution >= 4 is 23.2 Å². The molecule has 0 radical (unpaired) electrons. The Labute approximate surface area is 144 Å². The van der Waals surface area contributed by atoms with Crippen molar-refractivity contribution in [2.24, 2.45) is 5.92 Å². The number of hydrogen-bond acceptors (Lipinski definition) is 5. The number of carboxylic acid groups (broad SMARTS) is 1. The van der Waals surface area contributed by atoms with Gasteiger partial charge in [0, 0.05) is 35.8 Å². The van der Waals surface area contributed by atoms with Crippen LogP contribution in [0.25, 0.3) is 0 Å². The Morgan fingerprint density at radius 3 is 2.83 bits per heavy atom. The van der Waals surface area contributed by atoms with Gasteiger partial charge in [0.15, 0.2) is 0 Å². The number of likely N-dealkylation sites (tertiary alicyclic amines) is 1. The van der Waals surface area contributed by atoms with Gasteiger partial charge in [0.1, 0.15) is 0 Å². The molecular weight excluding hydrogens is 326 g/mol. The number of carbonyl (C=O) groups is 2. The molecule has 1 aliphatic rings. The average Bonchev–Trinajstić information content (AvgIpc) is 3.23. The van der Waals surface area contributed by atoms with E-state index in [1.807, 2.05) is 40.6 Å². The normalized spacial score (nSPS) is 20.8. The number of hydrogen-bond donors (Lipinski definition) is 2. The third-order valence-corrected chi connectivity index (χ3v) is 5.06. The molecule has 1 aliphatic heterocycles. The second-order valence-electron chi connectivity index (χ2n) is 5.86. The number of nitrogens with one attached hydrogen (secondary N) is 1. The van der Waals surface area contributed by atoms with Crippen molar-refractivity contribution in [1.82, 2.24) is 15.2 Å². The quantitative estimate of drug-likeness (QED) is 0.830. The molecule has 0 bridgehead atoms. The SMILES string of the molecule is O=C(CN1C[C@@H](C(=O)O)[C@H](c2ccccn2)C1)NCc1cccs1. The number of carboxylic acids is 1. The standard InChI is InChI=1S/C17H19N3O3S/c21-16(19-8-12-4-3-7-24-12)11-20-9-13(14(10-20)17(22)23)15-5-1-2-6-18-15/h1-7,13-14H,8-11H2,(H,19,21)(H,22,23)/t13-,14-/m1/s1. The highest BCUT2D eigenvalue weighted by atomic mass is 32.1. The highest BCUT2D eigenvalue weighted by Gasteiger charge is 2.39. The average molecular weight is 345 g/mol. The summed E-state index contributed by atoms with van der Waals surface area (Å²) in [5.41, 5.74) is 0.770. The topological polar surface area (TPSA) is 82.5 Å². The molecule has 2 aromatic rings. The zero-order valence-electron chi connectivity index (χ0n) is 13.1. The molecular formula is C17H19N3O3S. The molecule has 1 amide bonds. The molecule has 6 nitrogen and oxygen atoms in total. The lowest BCUT2D eigenvalue weighted by atomic mass is 9.93. The van der Waals surface area contributed by atoms with Gasteiger partial charge in [0.05, 0.1) is 19.0 Å². The van der Waals surface area contributed by atoms with E-state index in [1.54, 1.807) is 17.5 Å². The zero-order valence-corrected chi connectivity index (χ0v) is 13.9. The molecule has 0 spiro atoms. The number of thiophene rings is 1. The lowest BCUT2D eigenvalue weighted by molar-refractivity contribution is -0.141. The predicted octanol–water partition coefficient (Wildman–Crippen LogP) is 1.56. The summed E-state index contributed by atoms with van der Waals surface area (Å²) in [6.07, 6.45) is 1.67. The molecule has 126 valence electrons. The van der Waals surface area contributed by atoms with Crippen molar-refractivity contribution in [3.8, 4) is 0 Å². The first-order valence-corrected chi connectivity index (χ1v) is 8.66. The minimum absolute atomic E-state index is 0.0887. The van der Waals surface area contributed by atoms with E-state index in [4.69, 9.17) is 0 Å². The largest absolute Gasteiger partial charge is 0.481 e. The van der Waals surface area contributed by atoms with E-state index in [2.05, 4.69) is 10.3 Å². The number of aromatic nitrogens is 1. The maximum Gasteiger partial charge on any atom is 0.308 e. The van der Waals surface area contributed by atoms with Crippen LogP contribution in [-0.4, -0.2) is 46.5 Å². The first-order valence-electron chi connectivity index (χ1n) is 7.78. The first-order chi connectivity index (χ1) is 11.6. The fourth-order valence-corrected chi connectivity index (χ4v) is 3.66. The van der Waals surface area contributed by atoms with E-state index in [0.29, 0.717) is 19.6 Å². The number of pyridine rings is 1. The monoisotopic (exact) mass is 345 g/mol. The van der Waals surface area contributed by atoms with Crippen LogP contribution in [-0.2, 0) is 16.1 Å². The van der Waals surface area contributed by atoms with Crippen LogP contribution in [0.4, 0.5) is 0 Å². The second kappa shape index (κ2) is 7.55. The fourth-order valence-electron chi connectivity index (χ4n) is 3.02. The van der Waals surface area contributed by atoms with E-state index >= 15 is 0 Å². The lowest BCUT2D eigenvalue weighted by Gasteiger charge is -2.15. The molecule has 0 unspecified atom stereocenters. The zero-order chi connectivity index (χ0) is 16.9. The van der Waals surface area contributed by atoms with Gasteiger partial charge in [0.2, 0.25) is 5.91 Å². The lowest BCUT2D eigenvalue weighted by Crippen LogP contribution is -2.36. The number of carbonyl (C=O) groups excluding carboxylic acids is 1. The molecule has 24 heavy (non-hydrogen) atoms. The van der Waals surface area contributed by atoms with Crippen molar-refractivity contribution in [1.29, 1.82) is 0 Å². The van der Waals surface area contributed by atoms with Gasteiger partial charge in [-0.1, -0.05) is 12.1 Å². The molecule has 1 fully saturated rings. The number of aliphatic carboxylic acids is 1. The second-order valence-corrected chi connectivity index (χ2v) is 6.89. The summed E-state index contributed by atoms with van der Waals surface area (Å²) in [4.78, 5) is 30.9. The predicted molar refractivity (Wildman–Crippen MR) is 90.7 cm³/mol. The van der Waals surface area contributed by atoms with Crippen LogP contribution in [0.1, 0.15) is 16.5 Å². The van der Waals surface area contributed by atoms with E-state index < -0.39 is 11.9 Å². The van der Waals surface area contributed by atoms with E-state index in [9.17, 15) is 14.7 Å². The molecule has 3 heterocycles. The minimum Gasteiger partial charge on any atom is -0.481 e. The van der Waals surface area contributed by atoms with Gasteiger partial charge in [-0.2, -0.15) is 0 Å². The van der Waals surface area contributed by atoms with Crippen molar-refractivity contribution in [2.45, 2.75) is 12.5 Å². The highest BCUT2D eigenvalue weighted by molar-refractivity contribution is 7.09. The third-order valence-electron chi connectivity index (χ3n) is 4.19. The summed E-state index contributed by atoms with van der Waals surface area (Å²) in [6, 6.07) is 9.43. The van der Waals surface area contributed by atoms with Crippen LogP contribution in [0.15, 0.2) is 41.9 Å². The van der Waals surface area contributed by atoms with Gasteiger partial charge in [0.25, 0.3) is 0 Å². The first kappa shape index (κ1) is 16.6. The smallest absolute Gasteiger partial charge is 0.308 e.